The van der Waals surface area contributed by atoms with Crippen molar-refractivity contribution in [1.29, 1.82) is 0 Å². The van der Waals surface area contributed by atoms with Gasteiger partial charge in [-0.15, -0.1) is 0 Å². The highest BCUT2D eigenvalue weighted by atomic mass is 35.5. The van der Waals surface area contributed by atoms with E-state index in [1.54, 1.807) is 10.7 Å². The Bertz CT molecular complexity index is 1180. The molecule has 0 saturated heterocycles. The summed E-state index contributed by atoms with van der Waals surface area (Å²) in [5.74, 6) is 1.37. The molecular weight excluding hydrogens is 398 g/mol. The van der Waals surface area contributed by atoms with Crippen LogP contribution in [0.2, 0.25) is 5.02 Å². The summed E-state index contributed by atoms with van der Waals surface area (Å²) in [4.78, 5) is 6.90. The molecule has 0 unspecified atom stereocenters. The smallest absolute Gasteiger partial charge is 0.165 e. The number of rotatable bonds is 6. The third-order valence-electron chi connectivity index (χ3n) is 4.95. The minimum atomic E-state index is 0.537. The molecule has 0 atom stereocenters. The van der Waals surface area contributed by atoms with Crippen LogP contribution in [0.15, 0.2) is 54.7 Å². The van der Waals surface area contributed by atoms with Gasteiger partial charge in [-0.2, -0.15) is 9.61 Å². The molecule has 0 radical (unpaired) electrons. The average Bonchev–Trinajstić information content (AvgIpc) is 3.12. The molecule has 2 aromatic heterocycles. The maximum Gasteiger partial charge on any atom is 0.165 e. The van der Waals surface area contributed by atoms with Crippen molar-refractivity contribution in [3.8, 4) is 28.0 Å². The van der Waals surface area contributed by atoms with E-state index in [-0.39, 0.29) is 0 Å². The Morgan fingerprint density at radius 2 is 1.87 bits per heavy atom. The number of fused-ring (bicyclic) bond motifs is 1. The van der Waals surface area contributed by atoms with Crippen molar-refractivity contribution < 1.29 is 4.74 Å². The summed E-state index contributed by atoms with van der Waals surface area (Å²) in [6.45, 7) is 3.46. The van der Waals surface area contributed by atoms with Crippen LogP contribution in [-0.4, -0.2) is 46.7 Å². The van der Waals surface area contributed by atoms with Gasteiger partial charge < -0.3 is 15.4 Å². The lowest BCUT2D eigenvalue weighted by Gasteiger charge is -2.12. The van der Waals surface area contributed by atoms with Gasteiger partial charge in [0.2, 0.25) is 0 Å². The van der Waals surface area contributed by atoms with Gasteiger partial charge in [0, 0.05) is 22.7 Å². The monoisotopic (exact) mass is 421 g/mol. The maximum atomic E-state index is 6.49. The van der Waals surface area contributed by atoms with Crippen LogP contribution in [0, 0.1) is 6.92 Å². The van der Waals surface area contributed by atoms with E-state index in [1.165, 1.54) is 0 Å². The number of anilines is 1. The van der Waals surface area contributed by atoms with Gasteiger partial charge in [-0.25, -0.2) is 4.98 Å². The molecule has 7 heteroatoms. The lowest BCUT2D eigenvalue weighted by Crippen LogP contribution is -2.19. The Balaban J connectivity index is 1.68. The third-order valence-corrected chi connectivity index (χ3v) is 5.18. The van der Waals surface area contributed by atoms with Crippen molar-refractivity contribution in [3.63, 3.8) is 0 Å². The largest absolute Gasteiger partial charge is 0.492 e. The molecule has 30 heavy (non-hydrogen) atoms. The van der Waals surface area contributed by atoms with Crippen molar-refractivity contribution in [1.82, 2.24) is 19.5 Å². The van der Waals surface area contributed by atoms with Crippen LogP contribution in [0.1, 0.15) is 5.69 Å². The van der Waals surface area contributed by atoms with E-state index in [2.05, 4.69) is 10.00 Å². The van der Waals surface area contributed by atoms with Crippen LogP contribution in [0.3, 0.4) is 0 Å². The molecule has 0 spiro atoms. The molecule has 4 aromatic rings. The topological polar surface area (TPSA) is 68.7 Å². The SMILES string of the molecule is Cc1nc2c(-c3ccc(OCCN(C)C)cc3)cnn2c(N)c1-c1cccc(Cl)c1. The lowest BCUT2D eigenvalue weighted by molar-refractivity contribution is 0.261. The van der Waals surface area contributed by atoms with Gasteiger partial charge in [0.1, 0.15) is 18.2 Å². The zero-order valence-electron chi connectivity index (χ0n) is 17.3. The molecule has 2 N–H and O–H groups in total. The summed E-state index contributed by atoms with van der Waals surface area (Å²) >= 11 is 6.17. The van der Waals surface area contributed by atoms with E-state index in [0.29, 0.717) is 17.4 Å². The fraction of sp³-hybridized carbons (Fsp3) is 0.217. The van der Waals surface area contributed by atoms with E-state index in [1.807, 2.05) is 69.6 Å². The standard InChI is InChI=1S/C23H24ClN5O/c1-15-21(17-5-4-6-18(24)13-17)22(25)29-23(27-15)20(14-26-29)16-7-9-19(10-8-16)30-12-11-28(2)3/h4-10,13-14H,11-12,25H2,1-3H3. The van der Waals surface area contributed by atoms with Gasteiger partial charge in [0.25, 0.3) is 0 Å². The van der Waals surface area contributed by atoms with Gasteiger partial charge in [0.15, 0.2) is 5.65 Å². The summed E-state index contributed by atoms with van der Waals surface area (Å²) in [5, 5.41) is 5.15. The van der Waals surface area contributed by atoms with E-state index in [4.69, 9.17) is 27.1 Å². The number of hydrogen-bond acceptors (Lipinski definition) is 5. The van der Waals surface area contributed by atoms with Crippen LogP contribution in [0.4, 0.5) is 5.82 Å². The second-order valence-electron chi connectivity index (χ2n) is 7.44. The summed E-state index contributed by atoms with van der Waals surface area (Å²) in [5.41, 5.74) is 11.7. The van der Waals surface area contributed by atoms with E-state index in [0.717, 1.165) is 45.9 Å². The molecule has 154 valence electrons. The quantitative estimate of drug-likeness (QED) is 0.494. The summed E-state index contributed by atoms with van der Waals surface area (Å²) < 4.78 is 7.46. The number of halogens is 1. The summed E-state index contributed by atoms with van der Waals surface area (Å²) in [7, 11) is 4.05. The van der Waals surface area contributed by atoms with Crippen LogP contribution in [0.5, 0.6) is 5.75 Å². The molecule has 6 nitrogen and oxygen atoms in total. The Hall–Kier alpha value is -3.09. The fourth-order valence-electron chi connectivity index (χ4n) is 3.41. The highest BCUT2D eigenvalue weighted by molar-refractivity contribution is 6.30. The Labute approximate surface area is 180 Å². The first kappa shape index (κ1) is 20.2. The molecule has 0 bridgehead atoms. The fourth-order valence-corrected chi connectivity index (χ4v) is 3.60. The number of nitrogen functional groups attached to an aromatic ring is 1. The third kappa shape index (κ3) is 3.97. The highest BCUT2D eigenvalue weighted by Gasteiger charge is 2.17. The summed E-state index contributed by atoms with van der Waals surface area (Å²) in [6.07, 6.45) is 1.79. The van der Waals surface area contributed by atoms with Crippen molar-refractivity contribution in [2.75, 3.05) is 33.0 Å². The average molecular weight is 422 g/mol. The first-order chi connectivity index (χ1) is 14.4. The van der Waals surface area contributed by atoms with Crippen molar-refractivity contribution in [2.45, 2.75) is 6.92 Å². The van der Waals surface area contributed by atoms with Crippen LogP contribution >= 0.6 is 11.6 Å². The second-order valence-corrected chi connectivity index (χ2v) is 7.87. The van der Waals surface area contributed by atoms with Crippen LogP contribution in [-0.2, 0) is 0 Å². The number of ether oxygens (including phenoxy) is 1. The number of aryl methyl sites for hydroxylation is 1. The van der Waals surface area contributed by atoms with Crippen LogP contribution < -0.4 is 10.5 Å². The van der Waals surface area contributed by atoms with E-state index < -0.39 is 0 Å². The first-order valence-electron chi connectivity index (χ1n) is 9.72. The Kier molecular flexibility index (Phi) is 5.61. The highest BCUT2D eigenvalue weighted by Crippen LogP contribution is 2.33. The second kappa shape index (κ2) is 8.34. The Morgan fingerprint density at radius 3 is 2.57 bits per heavy atom. The van der Waals surface area contributed by atoms with E-state index in [9.17, 15) is 0 Å². The lowest BCUT2D eigenvalue weighted by atomic mass is 10.0. The number of nitrogens with two attached hydrogens (primary N) is 1. The molecule has 0 aliphatic carbocycles. The number of nitrogens with zero attached hydrogens (tertiary/aromatic N) is 4. The summed E-state index contributed by atoms with van der Waals surface area (Å²) in [6, 6.07) is 15.5. The molecule has 0 amide bonds. The van der Waals surface area contributed by atoms with Gasteiger partial charge >= 0.3 is 0 Å². The number of hydrogen-bond donors (Lipinski definition) is 1. The van der Waals surface area contributed by atoms with Gasteiger partial charge in [-0.3, -0.25) is 0 Å². The van der Waals surface area contributed by atoms with Crippen LogP contribution in [0.25, 0.3) is 27.9 Å². The molecule has 2 aromatic carbocycles. The van der Waals surface area contributed by atoms with Gasteiger partial charge in [-0.05, 0) is 56.4 Å². The predicted molar refractivity (Wildman–Crippen MR) is 122 cm³/mol. The molecule has 0 aliphatic rings. The first-order valence-corrected chi connectivity index (χ1v) is 10.1. The number of likely N-dealkylation sites (N-methyl/N-ethyl adjacent to an activating group) is 1. The molecule has 2 heterocycles. The normalized spacial score (nSPS) is 11.4. The maximum absolute atomic E-state index is 6.49. The molecule has 4 rings (SSSR count). The molecular formula is C23H24ClN5O. The Morgan fingerprint density at radius 1 is 1.10 bits per heavy atom. The van der Waals surface area contributed by atoms with Crippen molar-refractivity contribution in [2.24, 2.45) is 0 Å². The van der Waals surface area contributed by atoms with E-state index >= 15 is 0 Å². The number of aromatic nitrogens is 3. The number of benzene rings is 2. The molecule has 0 aliphatic heterocycles. The minimum Gasteiger partial charge on any atom is -0.492 e. The van der Waals surface area contributed by atoms with Crippen molar-refractivity contribution in [3.05, 3.63) is 65.4 Å². The van der Waals surface area contributed by atoms with Gasteiger partial charge in [-0.1, -0.05) is 35.9 Å². The molecule has 0 fully saturated rings. The zero-order chi connectivity index (χ0) is 21.3. The van der Waals surface area contributed by atoms with Gasteiger partial charge in [0.05, 0.1) is 11.9 Å². The zero-order valence-corrected chi connectivity index (χ0v) is 18.0. The molecule has 0 saturated carbocycles. The predicted octanol–water partition coefficient (Wildman–Crippen LogP) is 4.55. The minimum absolute atomic E-state index is 0.537. The van der Waals surface area contributed by atoms with Crippen molar-refractivity contribution >= 4 is 23.1 Å².